The van der Waals surface area contributed by atoms with E-state index in [0.29, 0.717) is 5.92 Å². The Morgan fingerprint density at radius 1 is 1.29 bits per heavy atom. The van der Waals surface area contributed by atoms with E-state index in [1.54, 1.807) is 18.9 Å². The molecule has 0 radical (unpaired) electrons. The van der Waals surface area contributed by atoms with E-state index in [4.69, 9.17) is 4.74 Å². The van der Waals surface area contributed by atoms with E-state index in [9.17, 15) is 9.59 Å². The van der Waals surface area contributed by atoms with E-state index < -0.39 is 6.04 Å². The summed E-state index contributed by atoms with van der Waals surface area (Å²) in [6.45, 7) is 3.69. The SMILES string of the molecule is COc1ccc(N2C(=O)C(C3CC3)NC(=O)C2C)cc1C. The number of methoxy groups -OCH3 is 1. The maximum Gasteiger partial charge on any atom is 0.250 e. The van der Waals surface area contributed by atoms with Crippen LogP contribution in [0.1, 0.15) is 25.3 Å². The number of anilines is 1. The number of nitrogens with zero attached hydrogens (tertiary/aromatic N) is 1. The highest BCUT2D eigenvalue weighted by Crippen LogP contribution is 2.36. The second kappa shape index (κ2) is 5.06. The van der Waals surface area contributed by atoms with Crippen molar-refractivity contribution >= 4 is 17.5 Å². The zero-order valence-corrected chi connectivity index (χ0v) is 12.6. The number of amides is 2. The molecule has 2 atom stereocenters. The minimum atomic E-state index is -0.486. The van der Waals surface area contributed by atoms with Gasteiger partial charge in [0.05, 0.1) is 7.11 Å². The number of hydrogen-bond donors (Lipinski definition) is 1. The Balaban J connectivity index is 1.95. The third kappa shape index (κ3) is 2.37. The quantitative estimate of drug-likeness (QED) is 0.919. The first-order valence-electron chi connectivity index (χ1n) is 7.31. The van der Waals surface area contributed by atoms with E-state index in [0.717, 1.165) is 29.8 Å². The van der Waals surface area contributed by atoms with E-state index in [1.807, 2.05) is 25.1 Å². The average molecular weight is 288 g/mol. The van der Waals surface area contributed by atoms with Gasteiger partial charge in [-0.25, -0.2) is 0 Å². The molecule has 1 aliphatic carbocycles. The molecule has 1 aromatic rings. The number of rotatable bonds is 3. The van der Waals surface area contributed by atoms with Crippen molar-refractivity contribution in [3.8, 4) is 5.75 Å². The summed E-state index contributed by atoms with van der Waals surface area (Å²) in [5.41, 5.74) is 1.70. The highest BCUT2D eigenvalue weighted by atomic mass is 16.5. The largest absolute Gasteiger partial charge is 0.496 e. The monoisotopic (exact) mass is 288 g/mol. The number of carbonyl (C=O) groups excluding carboxylic acids is 2. The van der Waals surface area contributed by atoms with Crippen molar-refractivity contribution < 1.29 is 14.3 Å². The predicted molar refractivity (Wildman–Crippen MR) is 79.3 cm³/mol. The lowest BCUT2D eigenvalue weighted by molar-refractivity contribution is -0.133. The molecule has 1 aromatic carbocycles. The minimum absolute atomic E-state index is 0.00540. The lowest BCUT2D eigenvalue weighted by Crippen LogP contribution is -2.63. The first-order valence-corrected chi connectivity index (χ1v) is 7.31. The molecule has 2 aliphatic rings. The van der Waals surface area contributed by atoms with Gasteiger partial charge in [0.15, 0.2) is 0 Å². The Labute approximate surface area is 124 Å². The zero-order valence-electron chi connectivity index (χ0n) is 12.6. The molecule has 2 amide bonds. The summed E-state index contributed by atoms with van der Waals surface area (Å²) >= 11 is 0. The summed E-state index contributed by atoms with van der Waals surface area (Å²) in [5.74, 6) is 0.990. The summed E-state index contributed by atoms with van der Waals surface area (Å²) in [6, 6.07) is 4.72. The summed E-state index contributed by atoms with van der Waals surface area (Å²) < 4.78 is 5.25. The topological polar surface area (TPSA) is 58.6 Å². The van der Waals surface area contributed by atoms with Gasteiger partial charge < -0.3 is 10.1 Å². The number of piperazine rings is 1. The number of hydrogen-bond acceptors (Lipinski definition) is 3. The molecule has 1 saturated heterocycles. The van der Waals surface area contributed by atoms with Crippen LogP contribution in [0.5, 0.6) is 5.75 Å². The van der Waals surface area contributed by atoms with Crippen molar-refractivity contribution in [1.29, 1.82) is 0 Å². The van der Waals surface area contributed by atoms with Crippen LogP contribution >= 0.6 is 0 Å². The molecule has 1 saturated carbocycles. The van der Waals surface area contributed by atoms with E-state index in [1.165, 1.54) is 0 Å². The van der Waals surface area contributed by atoms with Crippen LogP contribution in [-0.2, 0) is 9.59 Å². The first-order chi connectivity index (χ1) is 10.0. The van der Waals surface area contributed by atoms with Gasteiger partial charge >= 0.3 is 0 Å². The maximum atomic E-state index is 12.7. The maximum absolute atomic E-state index is 12.7. The number of carbonyl (C=O) groups is 2. The van der Waals surface area contributed by atoms with E-state index in [2.05, 4.69) is 5.32 Å². The molecule has 3 rings (SSSR count). The van der Waals surface area contributed by atoms with Gasteiger partial charge in [0, 0.05) is 5.69 Å². The Bertz CT molecular complexity index is 595. The molecular weight excluding hydrogens is 268 g/mol. The number of benzene rings is 1. The number of aryl methyl sites for hydroxylation is 1. The minimum Gasteiger partial charge on any atom is -0.496 e. The number of ether oxygens (including phenoxy) is 1. The molecule has 5 nitrogen and oxygen atoms in total. The average Bonchev–Trinajstić information content (AvgIpc) is 3.28. The Morgan fingerprint density at radius 3 is 2.57 bits per heavy atom. The molecule has 1 N–H and O–H groups in total. The molecule has 1 heterocycles. The Morgan fingerprint density at radius 2 is 2.00 bits per heavy atom. The fourth-order valence-electron chi connectivity index (χ4n) is 2.91. The van der Waals surface area contributed by atoms with Crippen molar-refractivity contribution in [3.63, 3.8) is 0 Å². The van der Waals surface area contributed by atoms with Crippen LogP contribution in [0.25, 0.3) is 0 Å². The molecule has 2 unspecified atom stereocenters. The lowest BCUT2D eigenvalue weighted by atomic mass is 10.0. The Kier molecular flexibility index (Phi) is 3.35. The second-order valence-corrected chi connectivity index (χ2v) is 5.86. The van der Waals surface area contributed by atoms with Crippen molar-refractivity contribution in [2.24, 2.45) is 5.92 Å². The highest BCUT2D eigenvalue weighted by molar-refractivity contribution is 6.08. The third-order valence-corrected chi connectivity index (χ3v) is 4.32. The van der Waals surface area contributed by atoms with Gasteiger partial charge in [0.1, 0.15) is 17.8 Å². The third-order valence-electron chi connectivity index (χ3n) is 4.32. The van der Waals surface area contributed by atoms with Crippen molar-refractivity contribution in [1.82, 2.24) is 5.32 Å². The number of nitrogens with one attached hydrogen (secondary N) is 1. The smallest absolute Gasteiger partial charge is 0.250 e. The van der Waals surface area contributed by atoms with Crippen molar-refractivity contribution in [3.05, 3.63) is 23.8 Å². The molecule has 0 spiro atoms. The lowest BCUT2D eigenvalue weighted by Gasteiger charge is -2.37. The van der Waals surface area contributed by atoms with Gasteiger partial charge in [0.25, 0.3) is 5.91 Å². The second-order valence-electron chi connectivity index (χ2n) is 5.86. The van der Waals surface area contributed by atoms with Crippen LogP contribution in [0.15, 0.2) is 18.2 Å². The molecule has 0 bridgehead atoms. The van der Waals surface area contributed by atoms with E-state index >= 15 is 0 Å². The van der Waals surface area contributed by atoms with Gasteiger partial charge in [-0.15, -0.1) is 0 Å². The molecular formula is C16H20N2O3. The van der Waals surface area contributed by atoms with Gasteiger partial charge in [-0.05, 0) is 56.4 Å². The standard InChI is InChI=1S/C16H20N2O3/c1-9-8-12(6-7-13(9)21-3)18-10(2)15(19)17-14(16(18)20)11-4-5-11/h6-8,10-11,14H,4-5H2,1-3H3,(H,17,19). The van der Waals surface area contributed by atoms with Crippen LogP contribution in [-0.4, -0.2) is 31.0 Å². The van der Waals surface area contributed by atoms with Crippen molar-refractivity contribution in [2.75, 3.05) is 12.0 Å². The normalized spacial score (nSPS) is 25.8. The molecule has 5 heteroatoms. The van der Waals surface area contributed by atoms with Gasteiger partial charge in [-0.2, -0.15) is 0 Å². The first kappa shape index (κ1) is 13.9. The highest BCUT2D eigenvalue weighted by Gasteiger charge is 2.46. The predicted octanol–water partition coefficient (Wildman–Crippen LogP) is 1.63. The zero-order chi connectivity index (χ0) is 15.1. The van der Waals surface area contributed by atoms with Crippen LogP contribution in [0.4, 0.5) is 5.69 Å². The fourth-order valence-corrected chi connectivity index (χ4v) is 2.91. The van der Waals surface area contributed by atoms with E-state index in [-0.39, 0.29) is 17.9 Å². The molecule has 1 aliphatic heterocycles. The summed E-state index contributed by atoms with van der Waals surface area (Å²) in [7, 11) is 1.62. The Hall–Kier alpha value is -2.04. The van der Waals surface area contributed by atoms with Crippen LogP contribution in [0, 0.1) is 12.8 Å². The van der Waals surface area contributed by atoms with Crippen molar-refractivity contribution in [2.45, 2.75) is 38.8 Å². The molecule has 112 valence electrons. The molecule has 0 aromatic heterocycles. The summed E-state index contributed by atoms with van der Waals surface area (Å²) in [5, 5.41) is 2.86. The molecule has 21 heavy (non-hydrogen) atoms. The van der Waals surface area contributed by atoms with Gasteiger partial charge in [0.2, 0.25) is 5.91 Å². The van der Waals surface area contributed by atoms with Gasteiger partial charge in [-0.1, -0.05) is 0 Å². The van der Waals surface area contributed by atoms with Crippen LogP contribution < -0.4 is 15.0 Å². The summed E-state index contributed by atoms with van der Waals surface area (Å²) in [4.78, 5) is 26.5. The van der Waals surface area contributed by atoms with Gasteiger partial charge in [-0.3, -0.25) is 14.5 Å². The van der Waals surface area contributed by atoms with Crippen LogP contribution in [0.2, 0.25) is 0 Å². The molecule has 2 fully saturated rings. The fraction of sp³-hybridized carbons (Fsp3) is 0.500. The van der Waals surface area contributed by atoms with Crippen LogP contribution in [0.3, 0.4) is 0 Å². The summed E-state index contributed by atoms with van der Waals surface area (Å²) in [6.07, 6.45) is 2.03.